The van der Waals surface area contributed by atoms with Gasteiger partial charge in [-0.05, 0) is 99.4 Å². The Labute approximate surface area is 229 Å². The molecule has 0 radical (unpaired) electrons. The van der Waals surface area contributed by atoms with Crippen molar-refractivity contribution in [2.75, 3.05) is 0 Å². The lowest BCUT2D eigenvalue weighted by molar-refractivity contribution is -0.138. The van der Waals surface area contributed by atoms with Crippen LogP contribution in [0.1, 0.15) is 64.1 Å². The van der Waals surface area contributed by atoms with Gasteiger partial charge in [-0.15, -0.1) is 0 Å². The van der Waals surface area contributed by atoms with E-state index in [1.165, 1.54) is 23.3 Å². The Morgan fingerprint density at radius 3 is 2.67 bits per heavy atom. The summed E-state index contributed by atoms with van der Waals surface area (Å²) >= 11 is 0. The third-order valence-electron chi connectivity index (χ3n) is 7.40. The van der Waals surface area contributed by atoms with Crippen LogP contribution in [0.4, 0.5) is 4.39 Å². The van der Waals surface area contributed by atoms with Crippen molar-refractivity contribution < 1.29 is 19.4 Å². The number of fused-ring (bicyclic) bond motifs is 1. The molecule has 3 N–H and O–H groups in total. The van der Waals surface area contributed by atoms with Crippen molar-refractivity contribution in [1.29, 1.82) is 0 Å². The lowest BCUT2D eigenvalue weighted by Crippen LogP contribution is -2.41. The fourth-order valence-corrected chi connectivity index (χ4v) is 5.35. The van der Waals surface area contributed by atoms with Gasteiger partial charge < -0.3 is 10.2 Å². The zero-order valence-electron chi connectivity index (χ0n) is 23.0. The molecule has 4 rings (SSSR count). The molecule has 6 nitrogen and oxygen atoms in total. The Kier molecular flexibility index (Phi) is 9.59. The van der Waals surface area contributed by atoms with E-state index in [4.69, 9.17) is 15.1 Å². The highest BCUT2D eigenvalue weighted by atomic mass is 19.1. The van der Waals surface area contributed by atoms with E-state index in [0.717, 1.165) is 41.6 Å². The molecule has 206 valence electrons. The van der Waals surface area contributed by atoms with E-state index >= 15 is 0 Å². The smallest absolute Gasteiger partial charge is 0.303 e. The zero-order chi connectivity index (χ0) is 27.9. The number of halogens is 1. The van der Waals surface area contributed by atoms with Crippen molar-refractivity contribution in [3.8, 4) is 11.3 Å². The third kappa shape index (κ3) is 7.58. The van der Waals surface area contributed by atoms with Crippen LogP contribution in [0, 0.1) is 11.7 Å². The van der Waals surface area contributed by atoms with Gasteiger partial charge in [0.2, 0.25) is 0 Å². The second-order valence-corrected chi connectivity index (χ2v) is 10.7. The average molecular weight is 532 g/mol. The molecule has 0 saturated carbocycles. The topological polar surface area (TPSA) is 95.3 Å². The maximum Gasteiger partial charge on any atom is 0.303 e. The van der Waals surface area contributed by atoms with Gasteiger partial charge >= 0.3 is 5.97 Å². The van der Waals surface area contributed by atoms with E-state index in [1.807, 2.05) is 38.1 Å². The number of rotatable bonds is 11. The van der Waals surface area contributed by atoms with Gasteiger partial charge in [-0.1, -0.05) is 30.7 Å². The summed E-state index contributed by atoms with van der Waals surface area (Å²) in [5.41, 5.74) is 7.20. The van der Waals surface area contributed by atoms with Crippen LogP contribution in [0.3, 0.4) is 0 Å². The summed E-state index contributed by atoms with van der Waals surface area (Å²) in [5, 5.41) is 23.5. The molecule has 39 heavy (non-hydrogen) atoms. The molecule has 0 saturated heterocycles. The first-order chi connectivity index (χ1) is 18.7. The van der Waals surface area contributed by atoms with Crippen LogP contribution in [-0.4, -0.2) is 38.4 Å². The van der Waals surface area contributed by atoms with Gasteiger partial charge in [0.05, 0.1) is 22.4 Å². The second-order valence-electron chi connectivity index (χ2n) is 10.7. The minimum absolute atomic E-state index is 0.0152. The number of aliphatic hydroxyl groups is 1. The van der Waals surface area contributed by atoms with Gasteiger partial charge in [-0.3, -0.25) is 10.1 Å². The van der Waals surface area contributed by atoms with Crippen molar-refractivity contribution >= 4 is 17.0 Å². The van der Waals surface area contributed by atoms with Crippen LogP contribution >= 0.6 is 0 Å². The molecule has 3 atom stereocenters. The van der Waals surface area contributed by atoms with Gasteiger partial charge in [0.25, 0.3) is 0 Å². The van der Waals surface area contributed by atoms with E-state index in [-0.39, 0.29) is 24.2 Å². The molecule has 0 aliphatic heterocycles. The Bertz CT molecular complexity index is 1370. The predicted octanol–water partition coefficient (Wildman–Crippen LogP) is 6.37. The monoisotopic (exact) mass is 531 g/mol. The molecule has 2 aromatic carbocycles. The van der Waals surface area contributed by atoms with Crippen LogP contribution in [-0.2, 0) is 17.6 Å². The molecule has 7 heteroatoms. The maximum absolute atomic E-state index is 13.6. The molecule has 0 bridgehead atoms. The summed E-state index contributed by atoms with van der Waals surface area (Å²) in [7, 11) is 0. The Morgan fingerprint density at radius 2 is 1.95 bits per heavy atom. The van der Waals surface area contributed by atoms with Crippen LogP contribution < -0.4 is 5.32 Å². The van der Waals surface area contributed by atoms with Crippen molar-refractivity contribution in [3.63, 3.8) is 0 Å². The molecule has 0 amide bonds. The Balaban J connectivity index is 1.58. The summed E-state index contributed by atoms with van der Waals surface area (Å²) in [6.07, 6.45) is 8.39. The van der Waals surface area contributed by atoms with Crippen molar-refractivity contribution in [2.45, 2.75) is 78.0 Å². The van der Waals surface area contributed by atoms with Gasteiger partial charge in [0, 0.05) is 24.4 Å². The van der Waals surface area contributed by atoms with Crippen molar-refractivity contribution in [2.24, 2.45) is 5.92 Å². The molecular formula is C32H38FN3O3. The van der Waals surface area contributed by atoms with Gasteiger partial charge in [0.15, 0.2) is 0 Å². The van der Waals surface area contributed by atoms with Crippen LogP contribution in [0.2, 0.25) is 0 Å². The van der Waals surface area contributed by atoms with Crippen LogP contribution in [0.15, 0.2) is 65.8 Å². The first-order valence-corrected chi connectivity index (χ1v) is 13.8. The fraction of sp³-hybridized carbons (Fsp3) is 0.406. The first-order valence-electron chi connectivity index (χ1n) is 13.8. The van der Waals surface area contributed by atoms with E-state index < -0.39 is 12.2 Å². The molecule has 1 aromatic heterocycles. The summed E-state index contributed by atoms with van der Waals surface area (Å²) in [6.45, 7) is 6.09. The number of benzene rings is 2. The number of aliphatic hydroxyl groups excluding tert-OH is 1. The third-order valence-corrected chi connectivity index (χ3v) is 7.40. The van der Waals surface area contributed by atoms with Crippen LogP contribution in [0.5, 0.6) is 0 Å². The number of nitrogens with zero attached hydrogens (tertiary/aromatic N) is 2. The normalized spacial score (nSPS) is 17.6. The number of nitrogens with one attached hydrogen (secondary N) is 1. The SMILES string of the molecule is CC=CC1=C(C)CCCC1NC(O)Cc1ccc2nc(-c3ccc(F)cc3)c(CCC(C)CC(=O)O)nc2c1. The summed E-state index contributed by atoms with van der Waals surface area (Å²) in [6, 6.07) is 12.1. The van der Waals surface area contributed by atoms with Gasteiger partial charge in [-0.2, -0.15) is 0 Å². The number of allylic oxidation sites excluding steroid dienone is 2. The largest absolute Gasteiger partial charge is 0.481 e. The van der Waals surface area contributed by atoms with Crippen LogP contribution in [0.25, 0.3) is 22.3 Å². The quantitative estimate of drug-likeness (QED) is 0.249. The average Bonchev–Trinajstić information content (AvgIpc) is 2.89. The standard InChI is InChI=1S/C32H38FN3O3/c1-4-6-25-21(3)7-5-8-26(25)35-30(37)19-22-10-16-27-29(18-22)34-28(15-9-20(2)17-31(38)39)32(36-27)23-11-13-24(33)14-12-23/h4,6,10-14,16,18,20,26,30,35,37H,5,7-9,15,17,19H2,1-3H3,(H,38,39). The van der Waals surface area contributed by atoms with E-state index in [9.17, 15) is 14.3 Å². The van der Waals surface area contributed by atoms with E-state index in [0.29, 0.717) is 30.5 Å². The molecular weight excluding hydrogens is 493 g/mol. The summed E-state index contributed by atoms with van der Waals surface area (Å²) < 4.78 is 13.6. The molecule has 0 fully saturated rings. The minimum atomic E-state index is -0.820. The predicted molar refractivity (Wildman–Crippen MR) is 153 cm³/mol. The number of carbonyl (C=O) groups is 1. The summed E-state index contributed by atoms with van der Waals surface area (Å²) in [5.74, 6) is -1.16. The molecule has 0 spiro atoms. The molecule has 1 aliphatic rings. The second kappa shape index (κ2) is 13.1. The number of carboxylic acid groups (broad SMARTS) is 1. The number of hydrogen-bond donors (Lipinski definition) is 3. The number of hydrogen-bond acceptors (Lipinski definition) is 5. The van der Waals surface area contributed by atoms with Gasteiger partial charge in [-0.25, -0.2) is 14.4 Å². The highest BCUT2D eigenvalue weighted by Gasteiger charge is 2.22. The number of aromatic nitrogens is 2. The minimum Gasteiger partial charge on any atom is -0.481 e. The zero-order valence-corrected chi connectivity index (χ0v) is 23.0. The Hall–Kier alpha value is -3.42. The molecule has 1 aliphatic carbocycles. The number of carboxylic acids is 1. The number of aryl methyl sites for hydroxylation is 1. The molecule has 1 heterocycles. The highest BCUT2D eigenvalue weighted by molar-refractivity contribution is 5.79. The summed E-state index contributed by atoms with van der Waals surface area (Å²) in [4.78, 5) is 20.9. The van der Waals surface area contributed by atoms with E-state index in [1.54, 1.807) is 12.1 Å². The van der Waals surface area contributed by atoms with Crippen molar-refractivity contribution in [1.82, 2.24) is 15.3 Å². The lowest BCUT2D eigenvalue weighted by atomic mass is 9.88. The Morgan fingerprint density at radius 1 is 1.18 bits per heavy atom. The number of aliphatic carboxylic acids is 1. The first kappa shape index (κ1) is 28.6. The van der Waals surface area contributed by atoms with Crippen molar-refractivity contribution in [3.05, 3.63) is 82.8 Å². The molecule has 3 unspecified atom stereocenters. The molecule has 3 aromatic rings. The lowest BCUT2D eigenvalue weighted by Gasteiger charge is -2.29. The maximum atomic E-state index is 13.6. The van der Waals surface area contributed by atoms with E-state index in [2.05, 4.69) is 18.3 Å². The van der Waals surface area contributed by atoms with Gasteiger partial charge in [0.1, 0.15) is 12.0 Å². The highest BCUT2D eigenvalue weighted by Crippen LogP contribution is 2.28. The fourth-order valence-electron chi connectivity index (χ4n) is 5.35.